The lowest BCUT2D eigenvalue weighted by atomic mass is 9.84. The Morgan fingerprint density at radius 1 is 0.623 bits per heavy atom. The van der Waals surface area contributed by atoms with Crippen molar-refractivity contribution in [2.24, 2.45) is 11.8 Å². The van der Waals surface area contributed by atoms with Crippen LogP contribution in [0.4, 0.5) is 4.79 Å². The lowest BCUT2D eigenvalue weighted by Crippen LogP contribution is -2.57. The summed E-state index contributed by atoms with van der Waals surface area (Å²) in [6.07, 6.45) is 0.675. The van der Waals surface area contributed by atoms with Gasteiger partial charge in [0.25, 0.3) is 5.91 Å². The highest BCUT2D eigenvalue weighted by molar-refractivity contribution is 8.00. The lowest BCUT2D eigenvalue weighted by Gasteiger charge is -2.36. The van der Waals surface area contributed by atoms with Crippen molar-refractivity contribution in [3.05, 3.63) is 179 Å². The van der Waals surface area contributed by atoms with Crippen molar-refractivity contribution in [3.63, 3.8) is 0 Å². The van der Waals surface area contributed by atoms with Gasteiger partial charge in [0.05, 0.1) is 11.4 Å². The van der Waals surface area contributed by atoms with E-state index < -0.39 is 66.6 Å². The largest absolute Gasteiger partial charge is 0.464 e. The van der Waals surface area contributed by atoms with Gasteiger partial charge in [0.2, 0.25) is 11.8 Å². The van der Waals surface area contributed by atoms with E-state index in [9.17, 15) is 24.0 Å². The highest BCUT2D eigenvalue weighted by atomic mass is 32.2. The van der Waals surface area contributed by atoms with Crippen molar-refractivity contribution in [2.45, 2.75) is 89.1 Å². The zero-order valence-electron chi connectivity index (χ0n) is 40.9. The second-order valence-corrected chi connectivity index (χ2v) is 26.1. The molecule has 0 fully saturated rings. The Morgan fingerprint density at radius 3 is 1.57 bits per heavy atom. The highest BCUT2D eigenvalue weighted by Crippen LogP contribution is 2.49. The first-order valence-corrected chi connectivity index (χ1v) is 28.4. The molecule has 362 valence electrons. The number of carbonyl (C=O) groups is 5. The molecule has 11 nitrogen and oxygen atoms in total. The van der Waals surface area contributed by atoms with Gasteiger partial charge in [-0.3, -0.25) is 14.4 Å². The van der Waals surface area contributed by atoms with Gasteiger partial charge in [0.1, 0.15) is 30.4 Å². The van der Waals surface area contributed by atoms with E-state index in [1.54, 1.807) is 20.8 Å². The van der Waals surface area contributed by atoms with Gasteiger partial charge in [0.15, 0.2) is 0 Å². The second-order valence-electron chi connectivity index (χ2n) is 19.2. The van der Waals surface area contributed by atoms with Crippen LogP contribution in [0.1, 0.15) is 68.4 Å². The zero-order chi connectivity index (χ0) is 49.7. The molecule has 0 spiro atoms. The molecule has 13 heteroatoms. The molecule has 0 aromatic heterocycles. The maximum Gasteiger partial charge on any atom is 0.407 e. The van der Waals surface area contributed by atoms with Gasteiger partial charge in [-0.05, 0) is 63.7 Å². The Bertz CT molecular complexity index is 2440. The summed E-state index contributed by atoms with van der Waals surface area (Å²) in [5, 5.41) is 11.3. The molecule has 1 aliphatic carbocycles. The lowest BCUT2D eigenvalue weighted by molar-refractivity contribution is -0.148. The van der Waals surface area contributed by atoms with E-state index in [-0.39, 0.29) is 36.5 Å². The van der Waals surface area contributed by atoms with Gasteiger partial charge in [-0.25, -0.2) is 9.59 Å². The van der Waals surface area contributed by atoms with E-state index in [1.165, 1.54) is 17.8 Å². The minimum atomic E-state index is -1.49. The SMILES string of the molecule is C/C=C(\NC(=O)[C@@H](CSC(c1ccccc1)(c1ccccc1)c1ccccc1)NC(=O)[C@H](NC(=O)OCC1c2ccccc2-c2ccccc21)C(C)C)C(=O)N[C@H](C(=O)OCC[Si](C)(C)C)C(C)C. The van der Waals surface area contributed by atoms with E-state index in [0.717, 1.165) is 45.0 Å². The van der Waals surface area contributed by atoms with Crippen molar-refractivity contribution in [2.75, 3.05) is 19.0 Å². The number of hydrogen-bond donors (Lipinski definition) is 4. The molecule has 0 saturated carbocycles. The Labute approximate surface area is 412 Å². The number of benzene rings is 5. The predicted molar refractivity (Wildman–Crippen MR) is 278 cm³/mol. The number of ether oxygens (including phenoxy) is 2. The van der Waals surface area contributed by atoms with E-state index in [0.29, 0.717) is 0 Å². The average Bonchev–Trinajstić information content (AvgIpc) is 3.66. The molecule has 5 aromatic rings. The molecule has 5 aromatic carbocycles. The summed E-state index contributed by atoms with van der Waals surface area (Å²) in [4.78, 5) is 70.2. The molecule has 0 heterocycles. The van der Waals surface area contributed by atoms with Crippen molar-refractivity contribution in [3.8, 4) is 11.1 Å². The number of hydrogen-bond acceptors (Lipinski definition) is 8. The number of fused-ring (bicyclic) bond motifs is 3. The molecule has 3 atom stereocenters. The molecule has 4 N–H and O–H groups in total. The third-order valence-corrected chi connectivity index (χ3v) is 15.6. The van der Waals surface area contributed by atoms with Crippen LogP contribution in [-0.2, 0) is 33.4 Å². The van der Waals surface area contributed by atoms with Gasteiger partial charge in [0, 0.05) is 19.7 Å². The monoisotopic (exact) mass is 966 g/mol. The number of carbonyl (C=O) groups excluding carboxylic acids is 5. The van der Waals surface area contributed by atoms with Crippen LogP contribution in [0.15, 0.2) is 151 Å². The first-order chi connectivity index (χ1) is 33.0. The second kappa shape index (κ2) is 23.7. The van der Waals surface area contributed by atoms with Crippen LogP contribution in [0.3, 0.4) is 0 Å². The Kier molecular flexibility index (Phi) is 17.9. The summed E-state index contributed by atoms with van der Waals surface area (Å²) < 4.78 is 10.6. The third kappa shape index (κ3) is 13.0. The summed E-state index contributed by atoms with van der Waals surface area (Å²) in [5.74, 6) is -3.44. The standard InChI is InChI=1S/C56H66N4O7SSi/c1-9-47(51(61)59-50(38(4)5)54(64)66-33-34-69(6,7)8)57-52(62)48(36-68-56(39-23-13-10-14-24-39,40-25-15-11-16-26-40)41-27-17-12-18-28-41)58-53(63)49(37(2)3)60-55(65)67-35-46-44-31-21-19-29-42(44)43-30-20-22-32-45(43)46/h9-32,37-38,46,48-50H,33-36H2,1-8H3,(H,57,62)(H,58,63)(H,59,61)(H,60,65)/b47-9-/t48-,49-,50+/m1/s1. The molecule has 4 amide bonds. The average molecular weight is 967 g/mol. The number of allylic oxidation sites excluding steroid dienone is 1. The quantitative estimate of drug-likeness (QED) is 0.0246. The summed E-state index contributed by atoms with van der Waals surface area (Å²) in [5.41, 5.74) is 7.02. The van der Waals surface area contributed by atoms with Crippen LogP contribution in [0.25, 0.3) is 11.1 Å². The minimum absolute atomic E-state index is 0.0165. The number of nitrogens with one attached hydrogen (secondary N) is 4. The van der Waals surface area contributed by atoms with Gasteiger partial charge < -0.3 is 30.7 Å². The highest BCUT2D eigenvalue weighted by Gasteiger charge is 2.40. The summed E-state index contributed by atoms with van der Waals surface area (Å²) in [6, 6.07) is 43.4. The fourth-order valence-electron chi connectivity index (χ4n) is 8.47. The summed E-state index contributed by atoms with van der Waals surface area (Å²) >= 11 is 1.46. The number of rotatable bonds is 21. The minimum Gasteiger partial charge on any atom is -0.464 e. The molecule has 0 radical (unpaired) electrons. The molecule has 0 saturated heterocycles. The van der Waals surface area contributed by atoms with Crippen LogP contribution in [-0.4, -0.2) is 75.0 Å². The van der Waals surface area contributed by atoms with E-state index in [4.69, 9.17) is 9.47 Å². The normalized spacial score (nSPS) is 13.9. The molecular formula is C56H66N4O7SSi. The molecule has 1 aliphatic rings. The van der Waals surface area contributed by atoms with Crippen molar-refractivity contribution in [1.82, 2.24) is 21.3 Å². The molecule has 0 bridgehead atoms. The van der Waals surface area contributed by atoms with Crippen LogP contribution in [0, 0.1) is 11.8 Å². The molecule has 6 rings (SSSR count). The van der Waals surface area contributed by atoms with Crippen molar-refractivity contribution >= 4 is 49.6 Å². The molecule has 0 aliphatic heterocycles. The summed E-state index contributed by atoms with van der Waals surface area (Å²) in [6.45, 7) is 15.7. The van der Waals surface area contributed by atoms with E-state index in [1.807, 2.05) is 141 Å². The summed E-state index contributed by atoms with van der Waals surface area (Å²) in [7, 11) is -1.49. The van der Waals surface area contributed by atoms with E-state index in [2.05, 4.69) is 53.0 Å². The molecule has 69 heavy (non-hydrogen) atoms. The van der Waals surface area contributed by atoms with Crippen LogP contribution >= 0.6 is 11.8 Å². The maximum atomic E-state index is 14.8. The van der Waals surface area contributed by atoms with Gasteiger partial charge in [-0.2, -0.15) is 0 Å². The number of esters is 1. The van der Waals surface area contributed by atoms with Gasteiger partial charge in [-0.1, -0.05) is 193 Å². The Balaban J connectivity index is 1.27. The number of alkyl carbamates (subject to hydrolysis) is 1. The van der Waals surface area contributed by atoms with Crippen LogP contribution in [0.5, 0.6) is 0 Å². The smallest absolute Gasteiger partial charge is 0.407 e. The van der Waals surface area contributed by atoms with Crippen molar-refractivity contribution < 1.29 is 33.4 Å². The first kappa shape index (κ1) is 51.9. The van der Waals surface area contributed by atoms with E-state index >= 15 is 0 Å². The van der Waals surface area contributed by atoms with Crippen molar-refractivity contribution in [1.29, 1.82) is 0 Å². The maximum absolute atomic E-state index is 14.8. The predicted octanol–water partition coefficient (Wildman–Crippen LogP) is 9.80. The molecule has 0 unspecified atom stereocenters. The Morgan fingerprint density at radius 2 is 1.10 bits per heavy atom. The van der Waals surface area contributed by atoms with Gasteiger partial charge >= 0.3 is 12.1 Å². The Hall–Kier alpha value is -6.44. The third-order valence-electron chi connectivity index (χ3n) is 12.3. The van der Waals surface area contributed by atoms with Crippen LogP contribution in [0.2, 0.25) is 25.7 Å². The topological polar surface area (TPSA) is 152 Å². The number of amides is 4. The molecular weight excluding hydrogens is 901 g/mol. The van der Waals surface area contributed by atoms with Gasteiger partial charge in [-0.15, -0.1) is 11.8 Å². The number of thioether (sulfide) groups is 1. The van der Waals surface area contributed by atoms with Crippen LogP contribution < -0.4 is 21.3 Å². The fourth-order valence-corrected chi connectivity index (χ4v) is 10.7. The fraction of sp³-hybridized carbons (Fsp3) is 0.339. The first-order valence-electron chi connectivity index (χ1n) is 23.7. The zero-order valence-corrected chi connectivity index (χ0v) is 42.7.